The standard InChI is InChI=1S/C21H28ClN3O2S/c1-23-21(25(2)14-19-7-8-20(22)28-19)24-13-16-3-5-17(6-4-16)15-27-18-9-11-26-12-10-18/h3-8,18H,9-15H2,1-2H3,(H,23,24). The molecule has 28 heavy (non-hydrogen) atoms. The fourth-order valence-corrected chi connectivity index (χ4v) is 4.26. The van der Waals surface area contributed by atoms with Gasteiger partial charge < -0.3 is 19.7 Å². The fraction of sp³-hybridized carbons (Fsp3) is 0.476. The third-order valence-corrected chi connectivity index (χ3v) is 5.94. The maximum Gasteiger partial charge on any atom is 0.193 e. The number of guanidine groups is 1. The molecule has 1 aliphatic rings. The summed E-state index contributed by atoms with van der Waals surface area (Å²) in [6.45, 7) is 3.78. The van der Waals surface area contributed by atoms with Crippen molar-refractivity contribution in [1.29, 1.82) is 0 Å². The van der Waals surface area contributed by atoms with Gasteiger partial charge in [-0.2, -0.15) is 0 Å². The number of halogens is 1. The second-order valence-corrected chi connectivity index (χ2v) is 8.70. The zero-order valence-electron chi connectivity index (χ0n) is 16.5. The Balaban J connectivity index is 1.44. The molecule has 1 fully saturated rings. The molecule has 0 saturated carbocycles. The van der Waals surface area contributed by atoms with Gasteiger partial charge in [-0.25, -0.2) is 0 Å². The number of hydrogen-bond acceptors (Lipinski definition) is 4. The highest BCUT2D eigenvalue weighted by molar-refractivity contribution is 7.16. The van der Waals surface area contributed by atoms with Crippen LogP contribution in [0.2, 0.25) is 4.34 Å². The summed E-state index contributed by atoms with van der Waals surface area (Å²) in [6, 6.07) is 12.5. The highest BCUT2D eigenvalue weighted by Crippen LogP contribution is 2.22. The first-order valence-corrected chi connectivity index (χ1v) is 10.8. The maximum absolute atomic E-state index is 6.02. The Kier molecular flexibility index (Phi) is 8.15. The van der Waals surface area contributed by atoms with Crippen LogP contribution in [-0.2, 0) is 29.2 Å². The van der Waals surface area contributed by atoms with E-state index in [4.69, 9.17) is 21.1 Å². The molecule has 1 N–H and O–H groups in total. The van der Waals surface area contributed by atoms with Crippen LogP contribution in [0.5, 0.6) is 0 Å². The lowest BCUT2D eigenvalue weighted by Gasteiger charge is -2.22. The maximum atomic E-state index is 6.02. The minimum absolute atomic E-state index is 0.326. The zero-order valence-corrected chi connectivity index (χ0v) is 18.1. The third kappa shape index (κ3) is 6.48. The van der Waals surface area contributed by atoms with Gasteiger partial charge in [0.1, 0.15) is 0 Å². The Labute approximate surface area is 176 Å². The topological polar surface area (TPSA) is 46.1 Å². The van der Waals surface area contributed by atoms with Gasteiger partial charge in [-0.3, -0.25) is 4.99 Å². The van der Waals surface area contributed by atoms with E-state index in [1.165, 1.54) is 16.0 Å². The van der Waals surface area contributed by atoms with E-state index in [2.05, 4.69) is 45.5 Å². The van der Waals surface area contributed by atoms with Crippen molar-refractivity contribution in [2.75, 3.05) is 27.3 Å². The van der Waals surface area contributed by atoms with Gasteiger partial charge in [0.05, 0.1) is 23.6 Å². The number of ether oxygens (including phenoxy) is 2. The summed E-state index contributed by atoms with van der Waals surface area (Å²) >= 11 is 7.61. The van der Waals surface area contributed by atoms with E-state index < -0.39 is 0 Å². The van der Waals surface area contributed by atoms with Gasteiger partial charge in [0.2, 0.25) is 0 Å². The van der Waals surface area contributed by atoms with Crippen molar-refractivity contribution >= 4 is 28.9 Å². The molecule has 1 aromatic carbocycles. The molecule has 0 radical (unpaired) electrons. The molecule has 0 atom stereocenters. The van der Waals surface area contributed by atoms with E-state index in [1.54, 1.807) is 18.4 Å². The Morgan fingerprint density at radius 2 is 1.93 bits per heavy atom. The summed E-state index contributed by atoms with van der Waals surface area (Å²) in [5, 5.41) is 3.42. The van der Waals surface area contributed by atoms with E-state index in [9.17, 15) is 0 Å². The van der Waals surface area contributed by atoms with Crippen molar-refractivity contribution in [3.63, 3.8) is 0 Å². The summed E-state index contributed by atoms with van der Waals surface area (Å²) < 4.78 is 12.2. The van der Waals surface area contributed by atoms with Crippen molar-refractivity contribution in [2.45, 2.75) is 38.6 Å². The Morgan fingerprint density at radius 3 is 2.57 bits per heavy atom. The molecule has 5 nitrogen and oxygen atoms in total. The molecular formula is C21H28ClN3O2S. The zero-order chi connectivity index (χ0) is 19.8. The first-order valence-electron chi connectivity index (χ1n) is 9.57. The highest BCUT2D eigenvalue weighted by atomic mass is 35.5. The van der Waals surface area contributed by atoms with Crippen LogP contribution < -0.4 is 5.32 Å². The smallest absolute Gasteiger partial charge is 0.193 e. The second-order valence-electron chi connectivity index (χ2n) is 6.90. The van der Waals surface area contributed by atoms with Crippen LogP contribution in [0, 0.1) is 0 Å². The average Bonchev–Trinajstić information content (AvgIpc) is 3.13. The number of thiophene rings is 1. The summed E-state index contributed by atoms with van der Waals surface area (Å²) in [7, 11) is 3.83. The SMILES string of the molecule is CN=C(NCc1ccc(COC2CCOCC2)cc1)N(C)Cc1ccc(Cl)s1. The van der Waals surface area contributed by atoms with Crippen molar-refractivity contribution < 1.29 is 9.47 Å². The normalized spacial score (nSPS) is 15.6. The molecule has 2 heterocycles. The minimum atomic E-state index is 0.326. The van der Waals surface area contributed by atoms with Crippen LogP contribution in [-0.4, -0.2) is 44.3 Å². The molecule has 2 aromatic rings. The first-order chi connectivity index (χ1) is 13.6. The molecule has 1 saturated heterocycles. The Hall–Kier alpha value is -1.60. The first kappa shape index (κ1) is 21.1. The van der Waals surface area contributed by atoms with E-state index >= 15 is 0 Å². The van der Waals surface area contributed by atoms with Crippen molar-refractivity contribution in [3.05, 3.63) is 56.7 Å². The molecular weight excluding hydrogens is 394 g/mol. The van der Waals surface area contributed by atoms with Crippen LogP contribution in [0.25, 0.3) is 0 Å². The van der Waals surface area contributed by atoms with Gasteiger partial charge in [0.15, 0.2) is 5.96 Å². The fourth-order valence-electron chi connectivity index (χ4n) is 3.12. The molecule has 0 amide bonds. The molecule has 3 rings (SSSR count). The van der Waals surface area contributed by atoms with Gasteiger partial charge in [-0.05, 0) is 36.1 Å². The molecule has 0 bridgehead atoms. The highest BCUT2D eigenvalue weighted by Gasteiger charge is 2.14. The van der Waals surface area contributed by atoms with Gasteiger partial charge >= 0.3 is 0 Å². The Morgan fingerprint density at radius 1 is 1.21 bits per heavy atom. The number of benzene rings is 1. The Bertz CT molecular complexity index is 757. The van der Waals surface area contributed by atoms with E-state index in [1.807, 2.05) is 13.1 Å². The van der Waals surface area contributed by atoms with Crippen LogP contribution in [0.1, 0.15) is 28.8 Å². The molecule has 0 aliphatic carbocycles. The number of nitrogens with zero attached hydrogens (tertiary/aromatic N) is 2. The summed E-state index contributed by atoms with van der Waals surface area (Å²) in [6.07, 6.45) is 2.31. The lowest BCUT2D eigenvalue weighted by atomic mass is 10.1. The quantitative estimate of drug-likeness (QED) is 0.534. The van der Waals surface area contributed by atoms with Gasteiger partial charge in [0.25, 0.3) is 0 Å². The number of aliphatic imine (C=N–C) groups is 1. The van der Waals surface area contributed by atoms with Crippen LogP contribution in [0.4, 0.5) is 0 Å². The van der Waals surface area contributed by atoms with E-state index in [0.29, 0.717) is 12.7 Å². The van der Waals surface area contributed by atoms with Crippen molar-refractivity contribution in [3.8, 4) is 0 Å². The molecule has 1 aliphatic heterocycles. The van der Waals surface area contributed by atoms with Crippen molar-refractivity contribution in [1.82, 2.24) is 10.2 Å². The average molecular weight is 422 g/mol. The lowest BCUT2D eigenvalue weighted by molar-refractivity contribution is -0.0390. The lowest BCUT2D eigenvalue weighted by Crippen LogP contribution is -2.37. The van der Waals surface area contributed by atoms with E-state index in [0.717, 1.165) is 49.4 Å². The molecule has 7 heteroatoms. The second kappa shape index (κ2) is 10.8. The predicted octanol–water partition coefficient (Wildman–Crippen LogP) is 4.30. The number of nitrogens with one attached hydrogen (secondary N) is 1. The predicted molar refractivity (Wildman–Crippen MR) is 116 cm³/mol. The van der Waals surface area contributed by atoms with Crippen molar-refractivity contribution in [2.24, 2.45) is 4.99 Å². The minimum Gasteiger partial charge on any atom is -0.381 e. The summed E-state index contributed by atoms with van der Waals surface area (Å²) in [5.41, 5.74) is 2.41. The molecule has 0 spiro atoms. The van der Waals surface area contributed by atoms with Crippen LogP contribution in [0.3, 0.4) is 0 Å². The number of rotatable bonds is 7. The molecule has 0 unspecified atom stereocenters. The molecule has 152 valence electrons. The van der Waals surface area contributed by atoms with Crippen LogP contribution >= 0.6 is 22.9 Å². The van der Waals surface area contributed by atoms with E-state index in [-0.39, 0.29) is 0 Å². The third-order valence-electron chi connectivity index (χ3n) is 4.72. The summed E-state index contributed by atoms with van der Waals surface area (Å²) in [5.74, 6) is 0.858. The number of hydrogen-bond donors (Lipinski definition) is 1. The van der Waals surface area contributed by atoms with Crippen LogP contribution in [0.15, 0.2) is 41.4 Å². The largest absolute Gasteiger partial charge is 0.381 e. The van der Waals surface area contributed by atoms with Gasteiger partial charge in [-0.1, -0.05) is 35.9 Å². The molecule has 1 aromatic heterocycles. The van der Waals surface area contributed by atoms with Gasteiger partial charge in [-0.15, -0.1) is 11.3 Å². The van der Waals surface area contributed by atoms with Gasteiger partial charge in [0, 0.05) is 38.7 Å². The monoisotopic (exact) mass is 421 g/mol. The summed E-state index contributed by atoms with van der Waals surface area (Å²) in [4.78, 5) is 7.69.